The van der Waals surface area contributed by atoms with E-state index in [-0.39, 0.29) is 12.3 Å². The molecule has 0 aliphatic heterocycles. The molecule has 8 heteroatoms. The summed E-state index contributed by atoms with van der Waals surface area (Å²) in [5.41, 5.74) is 0.335. The van der Waals surface area contributed by atoms with Crippen molar-refractivity contribution in [2.45, 2.75) is 12.9 Å². The number of anilines is 1. The third-order valence-electron chi connectivity index (χ3n) is 2.35. The second kappa shape index (κ2) is 6.21. The van der Waals surface area contributed by atoms with Gasteiger partial charge in [0.1, 0.15) is 11.5 Å². The van der Waals surface area contributed by atoms with E-state index in [2.05, 4.69) is 15.4 Å². The van der Waals surface area contributed by atoms with Gasteiger partial charge in [-0.2, -0.15) is 0 Å². The molecule has 2 aromatic rings. The van der Waals surface area contributed by atoms with Crippen LogP contribution in [0.3, 0.4) is 0 Å². The van der Waals surface area contributed by atoms with Gasteiger partial charge in [0.05, 0.1) is 12.8 Å². The van der Waals surface area contributed by atoms with E-state index >= 15 is 0 Å². The smallest absolute Gasteiger partial charge is 0.467 e. The highest BCUT2D eigenvalue weighted by Crippen LogP contribution is 2.23. The minimum Gasteiger partial charge on any atom is -0.467 e. The molecule has 1 aromatic carbocycles. The van der Waals surface area contributed by atoms with E-state index in [1.165, 1.54) is 18.4 Å². The summed E-state index contributed by atoms with van der Waals surface area (Å²) in [6, 6.07) is 7.69. The Labute approximate surface area is 117 Å². The summed E-state index contributed by atoms with van der Waals surface area (Å²) in [7, 11) is 0. The lowest BCUT2D eigenvalue weighted by atomic mass is 10.3. The van der Waals surface area contributed by atoms with Crippen LogP contribution in [0, 0.1) is 0 Å². The molecule has 1 aromatic heterocycles. The first-order valence-corrected chi connectivity index (χ1v) is 5.85. The van der Waals surface area contributed by atoms with E-state index in [9.17, 15) is 18.0 Å². The number of hydrogen-bond donors (Lipinski definition) is 2. The van der Waals surface area contributed by atoms with Crippen molar-refractivity contribution in [2.24, 2.45) is 0 Å². The number of benzene rings is 1. The molecule has 0 spiro atoms. The molecular formula is C13H11F3N2O3. The van der Waals surface area contributed by atoms with Gasteiger partial charge in [0, 0.05) is 5.69 Å². The van der Waals surface area contributed by atoms with Crippen LogP contribution >= 0.6 is 0 Å². The molecule has 0 aliphatic rings. The summed E-state index contributed by atoms with van der Waals surface area (Å²) >= 11 is 0. The van der Waals surface area contributed by atoms with Crippen LogP contribution in [0.4, 0.5) is 23.7 Å². The quantitative estimate of drug-likeness (QED) is 0.908. The largest absolute Gasteiger partial charge is 0.573 e. The van der Waals surface area contributed by atoms with Crippen LogP contribution in [-0.4, -0.2) is 12.4 Å². The van der Waals surface area contributed by atoms with E-state index in [0.29, 0.717) is 11.4 Å². The third kappa shape index (κ3) is 5.09. The van der Waals surface area contributed by atoms with Gasteiger partial charge in [-0.25, -0.2) is 4.79 Å². The number of ether oxygens (including phenoxy) is 1. The third-order valence-corrected chi connectivity index (χ3v) is 2.35. The van der Waals surface area contributed by atoms with Crippen LogP contribution in [-0.2, 0) is 6.54 Å². The van der Waals surface area contributed by atoms with E-state index in [4.69, 9.17) is 4.42 Å². The van der Waals surface area contributed by atoms with Crippen molar-refractivity contribution < 1.29 is 27.1 Å². The Kier molecular flexibility index (Phi) is 4.36. The van der Waals surface area contributed by atoms with Gasteiger partial charge in [0.25, 0.3) is 0 Å². The maximum absolute atomic E-state index is 12.0. The number of urea groups is 1. The van der Waals surface area contributed by atoms with E-state index < -0.39 is 12.4 Å². The average Bonchev–Trinajstić information content (AvgIpc) is 2.90. The van der Waals surface area contributed by atoms with Crippen LogP contribution in [0.1, 0.15) is 5.76 Å². The number of hydrogen-bond acceptors (Lipinski definition) is 3. The van der Waals surface area contributed by atoms with Gasteiger partial charge >= 0.3 is 12.4 Å². The summed E-state index contributed by atoms with van der Waals surface area (Å²) in [5.74, 6) is 0.225. The molecule has 2 amide bonds. The molecule has 112 valence electrons. The minimum atomic E-state index is -4.74. The van der Waals surface area contributed by atoms with E-state index in [1.54, 1.807) is 12.1 Å². The molecule has 0 unspecified atom stereocenters. The Morgan fingerprint density at radius 1 is 1.19 bits per heavy atom. The second-order valence-corrected chi connectivity index (χ2v) is 3.96. The molecule has 1 heterocycles. The normalized spacial score (nSPS) is 11.0. The van der Waals surface area contributed by atoms with Gasteiger partial charge in [0.2, 0.25) is 0 Å². The minimum absolute atomic E-state index is 0.202. The molecule has 0 saturated carbocycles. The Bertz CT molecular complexity index is 580. The number of furan rings is 1. The van der Waals surface area contributed by atoms with Crippen molar-refractivity contribution in [3.05, 3.63) is 48.4 Å². The van der Waals surface area contributed by atoms with Gasteiger partial charge in [-0.1, -0.05) is 0 Å². The van der Waals surface area contributed by atoms with Gasteiger partial charge < -0.3 is 19.8 Å². The van der Waals surface area contributed by atoms with Crippen LogP contribution < -0.4 is 15.4 Å². The van der Waals surface area contributed by atoms with Crippen LogP contribution in [0.2, 0.25) is 0 Å². The fourth-order valence-electron chi connectivity index (χ4n) is 1.50. The molecule has 0 bridgehead atoms. The topological polar surface area (TPSA) is 63.5 Å². The number of carbonyl (C=O) groups is 1. The standard InChI is InChI=1S/C13H11F3N2O3/c14-13(15,16)21-10-5-3-9(4-6-10)18-12(19)17-8-11-2-1-7-20-11/h1-7H,8H2,(H2,17,18,19). The zero-order chi connectivity index (χ0) is 15.3. The molecule has 2 N–H and O–H groups in total. The van der Waals surface area contributed by atoms with Crippen molar-refractivity contribution in [3.63, 3.8) is 0 Å². The first-order chi connectivity index (χ1) is 9.92. The molecule has 0 atom stereocenters. The summed E-state index contributed by atoms with van der Waals surface area (Å²) < 4.78 is 44.7. The first kappa shape index (κ1) is 14.8. The van der Waals surface area contributed by atoms with Crippen LogP contribution in [0.5, 0.6) is 5.75 Å². The highest BCUT2D eigenvalue weighted by Gasteiger charge is 2.30. The molecule has 0 radical (unpaired) electrons. The lowest BCUT2D eigenvalue weighted by Gasteiger charge is -2.10. The van der Waals surface area contributed by atoms with Crippen molar-refractivity contribution in [1.29, 1.82) is 0 Å². The van der Waals surface area contributed by atoms with E-state index in [1.807, 2.05) is 0 Å². The lowest BCUT2D eigenvalue weighted by molar-refractivity contribution is -0.274. The Hall–Kier alpha value is -2.64. The van der Waals surface area contributed by atoms with Crippen LogP contribution in [0.15, 0.2) is 47.1 Å². The molecule has 0 saturated heterocycles. The molecular weight excluding hydrogens is 289 g/mol. The summed E-state index contributed by atoms with van der Waals surface area (Å²) in [5, 5.41) is 5.00. The number of amides is 2. The Balaban J connectivity index is 1.83. The van der Waals surface area contributed by atoms with Gasteiger partial charge in [-0.3, -0.25) is 0 Å². The summed E-state index contributed by atoms with van der Waals surface area (Å²) in [6.45, 7) is 0.202. The molecule has 2 rings (SSSR count). The van der Waals surface area contributed by atoms with Gasteiger partial charge in [0.15, 0.2) is 0 Å². The molecule has 21 heavy (non-hydrogen) atoms. The van der Waals surface area contributed by atoms with Crippen LogP contribution in [0.25, 0.3) is 0 Å². The SMILES string of the molecule is O=C(NCc1ccco1)Nc1ccc(OC(F)(F)F)cc1. The highest BCUT2D eigenvalue weighted by atomic mass is 19.4. The maximum Gasteiger partial charge on any atom is 0.573 e. The highest BCUT2D eigenvalue weighted by molar-refractivity contribution is 5.89. The fraction of sp³-hybridized carbons (Fsp3) is 0.154. The Morgan fingerprint density at radius 2 is 1.90 bits per heavy atom. The average molecular weight is 300 g/mol. The lowest BCUT2D eigenvalue weighted by Crippen LogP contribution is -2.27. The number of carbonyl (C=O) groups excluding carboxylic acids is 1. The van der Waals surface area contributed by atoms with Crippen molar-refractivity contribution in [1.82, 2.24) is 5.32 Å². The van der Waals surface area contributed by atoms with Gasteiger partial charge in [-0.05, 0) is 36.4 Å². The van der Waals surface area contributed by atoms with Crippen molar-refractivity contribution >= 4 is 11.7 Å². The number of halogens is 3. The summed E-state index contributed by atoms with van der Waals surface area (Å²) in [4.78, 5) is 11.5. The van der Waals surface area contributed by atoms with Crippen molar-refractivity contribution in [2.75, 3.05) is 5.32 Å². The first-order valence-electron chi connectivity index (χ1n) is 5.85. The number of rotatable bonds is 4. The molecule has 5 nitrogen and oxygen atoms in total. The van der Waals surface area contributed by atoms with Gasteiger partial charge in [-0.15, -0.1) is 13.2 Å². The molecule has 0 fully saturated rings. The molecule has 0 aliphatic carbocycles. The van der Waals surface area contributed by atoms with Crippen molar-refractivity contribution in [3.8, 4) is 5.75 Å². The zero-order valence-corrected chi connectivity index (χ0v) is 10.6. The number of alkyl halides is 3. The maximum atomic E-state index is 12.0. The predicted octanol–water partition coefficient (Wildman–Crippen LogP) is 3.50. The predicted molar refractivity (Wildman–Crippen MR) is 67.7 cm³/mol. The number of nitrogens with one attached hydrogen (secondary N) is 2. The summed E-state index contributed by atoms with van der Waals surface area (Å²) in [6.07, 6.45) is -3.26. The Morgan fingerprint density at radius 3 is 2.48 bits per heavy atom. The van der Waals surface area contributed by atoms with E-state index in [0.717, 1.165) is 12.1 Å². The zero-order valence-electron chi connectivity index (χ0n) is 10.6. The monoisotopic (exact) mass is 300 g/mol. The second-order valence-electron chi connectivity index (χ2n) is 3.96. The fourth-order valence-corrected chi connectivity index (χ4v) is 1.50.